The molecule has 1 aliphatic carbocycles. The number of hydrogen-bond acceptors (Lipinski definition) is 4. The second kappa shape index (κ2) is 12.9. The van der Waals surface area contributed by atoms with Gasteiger partial charge in [-0.1, -0.05) is 63.4 Å². The average Bonchev–Trinajstić information content (AvgIpc) is 2.75. The number of nitrogens with zero attached hydrogens (tertiary/aromatic N) is 1. The predicted octanol–water partition coefficient (Wildman–Crippen LogP) is 5.35. The first kappa shape index (κ1) is 28.7. The molecule has 0 radical (unpaired) electrons. The number of carbonyl (C=O) groups is 3. The molecule has 0 aliphatic heterocycles. The summed E-state index contributed by atoms with van der Waals surface area (Å²) in [6.07, 6.45) is 5.11. The van der Waals surface area contributed by atoms with Gasteiger partial charge in [-0.2, -0.15) is 0 Å². The Morgan fingerprint density at radius 1 is 1.00 bits per heavy atom. The number of amides is 3. The summed E-state index contributed by atoms with van der Waals surface area (Å²) in [6, 6.07) is 7.68. The number of rotatable bonds is 9. The topological polar surface area (TPSA) is 87.7 Å². The number of carbonyl (C=O) groups excluding carboxylic acids is 3. The van der Waals surface area contributed by atoms with Crippen LogP contribution in [0.15, 0.2) is 30.3 Å². The second-order valence-electron chi connectivity index (χ2n) is 11.3. The minimum absolute atomic E-state index is 0.123. The van der Waals surface area contributed by atoms with Crippen molar-refractivity contribution >= 4 is 17.9 Å². The molecule has 0 bridgehead atoms. The van der Waals surface area contributed by atoms with Gasteiger partial charge in [0.1, 0.15) is 17.7 Å². The summed E-state index contributed by atoms with van der Waals surface area (Å²) in [7, 11) is 0. The normalized spacial score (nSPS) is 16.5. The minimum atomic E-state index is -0.805. The standard InChI is InChI=1S/C28H45N3O4/c1-19(2)18-23(30-27(34)35-28(5,6)7)26(33)31(20(3)4)24(21-14-10-8-11-15-21)25(32)29-22-16-12-9-13-17-22/h8,10-11,14-15,19-20,22-24H,9,12-13,16-18H2,1-7H3,(H,29,32)(H,30,34). The van der Waals surface area contributed by atoms with Crippen molar-refractivity contribution in [2.45, 2.75) is 117 Å². The molecule has 7 nitrogen and oxygen atoms in total. The van der Waals surface area contributed by atoms with Crippen LogP contribution < -0.4 is 10.6 Å². The second-order valence-corrected chi connectivity index (χ2v) is 11.3. The zero-order chi connectivity index (χ0) is 26.2. The lowest BCUT2D eigenvalue weighted by Gasteiger charge is -2.38. The highest BCUT2D eigenvalue weighted by atomic mass is 16.6. The molecule has 1 saturated carbocycles. The van der Waals surface area contributed by atoms with Gasteiger partial charge in [-0.25, -0.2) is 4.79 Å². The van der Waals surface area contributed by atoms with Crippen LogP contribution in [0.1, 0.15) is 98.6 Å². The van der Waals surface area contributed by atoms with Crippen LogP contribution in [0.4, 0.5) is 4.79 Å². The van der Waals surface area contributed by atoms with Crippen LogP contribution >= 0.6 is 0 Å². The Balaban J connectivity index is 2.38. The van der Waals surface area contributed by atoms with Crippen LogP contribution in [-0.4, -0.2) is 46.5 Å². The van der Waals surface area contributed by atoms with Gasteiger partial charge < -0.3 is 20.3 Å². The van der Waals surface area contributed by atoms with E-state index in [4.69, 9.17) is 4.74 Å². The molecule has 35 heavy (non-hydrogen) atoms. The average molecular weight is 488 g/mol. The lowest BCUT2D eigenvalue weighted by atomic mass is 9.94. The highest BCUT2D eigenvalue weighted by Crippen LogP contribution is 2.27. The fourth-order valence-electron chi connectivity index (χ4n) is 4.60. The Labute approximate surface area is 211 Å². The molecule has 7 heteroatoms. The van der Waals surface area contributed by atoms with E-state index in [1.54, 1.807) is 25.7 Å². The van der Waals surface area contributed by atoms with Crippen molar-refractivity contribution in [3.05, 3.63) is 35.9 Å². The monoisotopic (exact) mass is 487 g/mol. The van der Waals surface area contributed by atoms with Crippen molar-refractivity contribution in [2.24, 2.45) is 5.92 Å². The highest BCUT2D eigenvalue weighted by Gasteiger charge is 2.38. The number of nitrogens with one attached hydrogen (secondary N) is 2. The number of ether oxygens (including phenoxy) is 1. The fraction of sp³-hybridized carbons (Fsp3) is 0.679. The third-order valence-electron chi connectivity index (χ3n) is 6.10. The third kappa shape index (κ3) is 9.19. The summed E-state index contributed by atoms with van der Waals surface area (Å²) in [5.74, 6) is -0.308. The summed E-state index contributed by atoms with van der Waals surface area (Å²) in [5, 5.41) is 6.00. The molecule has 1 fully saturated rings. The molecule has 196 valence electrons. The van der Waals surface area contributed by atoms with E-state index < -0.39 is 23.8 Å². The van der Waals surface area contributed by atoms with Crippen molar-refractivity contribution in [3.63, 3.8) is 0 Å². The molecule has 0 spiro atoms. The molecule has 2 unspecified atom stereocenters. The molecule has 0 heterocycles. The SMILES string of the molecule is CC(C)CC(NC(=O)OC(C)(C)C)C(=O)N(C(C)C)C(C(=O)NC1CCCCC1)c1ccccc1. The van der Waals surface area contributed by atoms with Crippen LogP contribution in [0.5, 0.6) is 0 Å². The lowest BCUT2D eigenvalue weighted by Crippen LogP contribution is -2.56. The lowest BCUT2D eigenvalue weighted by molar-refractivity contribution is -0.145. The van der Waals surface area contributed by atoms with Gasteiger partial charge in [-0.3, -0.25) is 9.59 Å². The van der Waals surface area contributed by atoms with Gasteiger partial charge in [0.05, 0.1) is 0 Å². The smallest absolute Gasteiger partial charge is 0.408 e. The van der Waals surface area contributed by atoms with Crippen molar-refractivity contribution < 1.29 is 19.1 Å². The minimum Gasteiger partial charge on any atom is -0.444 e. The maximum Gasteiger partial charge on any atom is 0.408 e. The molecular formula is C28H45N3O4. The Hall–Kier alpha value is -2.57. The van der Waals surface area contributed by atoms with Crippen LogP contribution in [0.3, 0.4) is 0 Å². The number of hydrogen-bond donors (Lipinski definition) is 2. The van der Waals surface area contributed by atoms with E-state index >= 15 is 0 Å². The van der Waals surface area contributed by atoms with Gasteiger partial charge in [0.2, 0.25) is 11.8 Å². The summed E-state index contributed by atoms with van der Waals surface area (Å²) in [4.78, 5) is 41.9. The molecule has 1 aliphatic rings. The van der Waals surface area contributed by atoms with Gasteiger partial charge in [0.25, 0.3) is 0 Å². The Morgan fingerprint density at radius 3 is 2.11 bits per heavy atom. The van der Waals surface area contributed by atoms with E-state index in [1.807, 2.05) is 58.0 Å². The molecular weight excluding hydrogens is 442 g/mol. The summed E-state index contributed by atoms with van der Waals surface area (Å²) >= 11 is 0. The first-order chi connectivity index (χ1) is 16.4. The van der Waals surface area contributed by atoms with Crippen molar-refractivity contribution in [3.8, 4) is 0 Å². The zero-order valence-electron chi connectivity index (χ0n) is 22.6. The third-order valence-corrected chi connectivity index (χ3v) is 6.10. The molecule has 3 amide bonds. The number of benzene rings is 1. The predicted molar refractivity (Wildman–Crippen MR) is 139 cm³/mol. The zero-order valence-corrected chi connectivity index (χ0v) is 22.6. The van der Waals surface area contributed by atoms with Gasteiger partial charge in [-0.05, 0) is 65.4 Å². The van der Waals surface area contributed by atoms with E-state index in [1.165, 1.54) is 6.42 Å². The fourth-order valence-corrected chi connectivity index (χ4v) is 4.60. The van der Waals surface area contributed by atoms with Gasteiger partial charge >= 0.3 is 6.09 Å². The van der Waals surface area contributed by atoms with E-state index in [9.17, 15) is 14.4 Å². The quantitative estimate of drug-likeness (QED) is 0.491. The molecule has 1 aromatic rings. The van der Waals surface area contributed by atoms with Gasteiger partial charge in [-0.15, -0.1) is 0 Å². The van der Waals surface area contributed by atoms with Crippen LogP contribution in [0.2, 0.25) is 0 Å². The van der Waals surface area contributed by atoms with Crippen molar-refractivity contribution in [1.29, 1.82) is 0 Å². The van der Waals surface area contributed by atoms with Crippen LogP contribution in [0.25, 0.3) is 0 Å². The van der Waals surface area contributed by atoms with E-state index in [2.05, 4.69) is 10.6 Å². The van der Waals surface area contributed by atoms with Gasteiger partial charge in [0, 0.05) is 12.1 Å². The van der Waals surface area contributed by atoms with Crippen LogP contribution in [-0.2, 0) is 14.3 Å². The Morgan fingerprint density at radius 2 is 1.60 bits per heavy atom. The van der Waals surface area contributed by atoms with E-state index in [0.717, 1.165) is 31.2 Å². The molecule has 2 atom stereocenters. The molecule has 2 N–H and O–H groups in total. The maximum atomic E-state index is 14.0. The maximum absolute atomic E-state index is 14.0. The Kier molecular flexibility index (Phi) is 10.6. The molecule has 2 rings (SSSR count). The first-order valence-electron chi connectivity index (χ1n) is 13.1. The van der Waals surface area contributed by atoms with Crippen molar-refractivity contribution in [1.82, 2.24) is 15.5 Å². The van der Waals surface area contributed by atoms with E-state index in [0.29, 0.717) is 6.42 Å². The Bertz CT molecular complexity index is 826. The van der Waals surface area contributed by atoms with Crippen molar-refractivity contribution in [2.75, 3.05) is 0 Å². The summed E-state index contributed by atoms with van der Waals surface area (Å²) in [6.45, 7) is 13.2. The highest BCUT2D eigenvalue weighted by molar-refractivity contribution is 5.92. The molecule has 1 aromatic carbocycles. The number of alkyl carbamates (subject to hydrolysis) is 1. The summed E-state index contributed by atoms with van der Waals surface area (Å²) in [5.41, 5.74) is 0.0723. The van der Waals surface area contributed by atoms with Gasteiger partial charge in [0.15, 0.2) is 0 Å². The van der Waals surface area contributed by atoms with E-state index in [-0.39, 0.29) is 29.8 Å². The summed E-state index contributed by atoms with van der Waals surface area (Å²) < 4.78 is 5.43. The first-order valence-corrected chi connectivity index (χ1v) is 13.1. The van der Waals surface area contributed by atoms with Crippen LogP contribution in [0, 0.1) is 5.92 Å². The largest absolute Gasteiger partial charge is 0.444 e. The molecule has 0 saturated heterocycles. The molecule has 0 aromatic heterocycles.